The van der Waals surface area contributed by atoms with Crippen LogP contribution in [0.2, 0.25) is 0 Å². The summed E-state index contributed by atoms with van der Waals surface area (Å²) in [5, 5.41) is 3.35. The van der Waals surface area contributed by atoms with Crippen molar-refractivity contribution in [3.05, 3.63) is 34.9 Å². The maximum atomic E-state index is 12.9. The van der Waals surface area contributed by atoms with Gasteiger partial charge in [-0.1, -0.05) is 23.8 Å². The van der Waals surface area contributed by atoms with Gasteiger partial charge in [-0.2, -0.15) is 0 Å². The highest BCUT2D eigenvalue weighted by atomic mass is 35.5. The molecule has 0 aliphatic carbocycles. The lowest BCUT2D eigenvalue weighted by molar-refractivity contribution is 0.157. The van der Waals surface area contributed by atoms with Gasteiger partial charge in [0, 0.05) is 32.2 Å². The molecule has 1 N–H and O–H groups in total. The molecule has 108 valence electrons. The smallest absolute Gasteiger partial charge is 0.0912 e. The Morgan fingerprint density at radius 3 is 2.58 bits per heavy atom. The summed E-state index contributed by atoms with van der Waals surface area (Å²) in [5.74, 6) is 0. The number of piperazine rings is 1. The van der Waals surface area contributed by atoms with Gasteiger partial charge in [-0.3, -0.25) is 9.29 Å². The fraction of sp³-hybridized carbons (Fsp3) is 0.600. The first-order valence-electron chi connectivity index (χ1n) is 6.80. The third kappa shape index (κ3) is 4.16. The summed E-state index contributed by atoms with van der Waals surface area (Å²) >= 11 is 0. The van der Waals surface area contributed by atoms with Crippen molar-refractivity contribution in [2.75, 3.05) is 32.9 Å². The number of halogens is 2. The molecule has 1 aliphatic heterocycles. The molecule has 19 heavy (non-hydrogen) atoms. The number of hydrogen-bond acceptors (Lipinski definition) is 2. The minimum Gasteiger partial charge on any atom is -0.314 e. The topological polar surface area (TPSA) is 15.3 Å². The van der Waals surface area contributed by atoms with Crippen molar-refractivity contribution in [3.63, 3.8) is 0 Å². The Balaban J connectivity index is 0.00000180. The third-order valence-electron chi connectivity index (χ3n) is 3.77. The second-order valence-corrected chi connectivity index (χ2v) is 5.14. The molecule has 2 nitrogen and oxygen atoms in total. The van der Waals surface area contributed by atoms with Crippen LogP contribution in [0.25, 0.3) is 0 Å². The van der Waals surface area contributed by atoms with Crippen LogP contribution in [0.4, 0.5) is 4.39 Å². The van der Waals surface area contributed by atoms with Gasteiger partial charge in [0.1, 0.15) is 0 Å². The van der Waals surface area contributed by atoms with Crippen molar-refractivity contribution < 1.29 is 4.39 Å². The lowest BCUT2D eigenvalue weighted by Gasteiger charge is -2.35. The van der Waals surface area contributed by atoms with Crippen LogP contribution in [-0.4, -0.2) is 37.8 Å². The molecule has 0 bridgehead atoms. The molecule has 0 spiro atoms. The predicted molar refractivity (Wildman–Crippen MR) is 80.9 cm³/mol. The fourth-order valence-electron chi connectivity index (χ4n) is 2.75. The highest BCUT2D eigenvalue weighted by molar-refractivity contribution is 5.85. The van der Waals surface area contributed by atoms with E-state index in [9.17, 15) is 4.39 Å². The van der Waals surface area contributed by atoms with Crippen molar-refractivity contribution in [2.45, 2.75) is 26.3 Å². The average Bonchev–Trinajstić information content (AvgIpc) is 2.40. The third-order valence-corrected chi connectivity index (χ3v) is 3.77. The van der Waals surface area contributed by atoms with Crippen molar-refractivity contribution in [2.24, 2.45) is 0 Å². The molecule has 0 amide bonds. The number of hydrogen-bond donors (Lipinski definition) is 1. The molecule has 1 aromatic carbocycles. The molecular weight excluding hydrogens is 263 g/mol. The zero-order chi connectivity index (χ0) is 13.0. The van der Waals surface area contributed by atoms with Crippen LogP contribution in [-0.2, 0) is 0 Å². The Kier molecular flexibility index (Phi) is 6.76. The van der Waals surface area contributed by atoms with E-state index in [0.717, 1.165) is 26.2 Å². The number of aryl methyl sites for hydroxylation is 2. The zero-order valence-corrected chi connectivity index (χ0v) is 12.6. The van der Waals surface area contributed by atoms with Crippen LogP contribution in [0, 0.1) is 13.8 Å². The normalized spacial score (nSPS) is 17.8. The largest absolute Gasteiger partial charge is 0.314 e. The molecule has 1 atom stereocenters. The van der Waals surface area contributed by atoms with E-state index in [0.29, 0.717) is 6.42 Å². The second-order valence-electron chi connectivity index (χ2n) is 5.14. The highest BCUT2D eigenvalue weighted by Crippen LogP contribution is 2.28. The van der Waals surface area contributed by atoms with E-state index in [1.165, 1.54) is 16.7 Å². The first kappa shape index (κ1) is 16.4. The lowest BCUT2D eigenvalue weighted by Crippen LogP contribution is -2.45. The first-order valence-corrected chi connectivity index (χ1v) is 6.80. The van der Waals surface area contributed by atoms with Gasteiger partial charge >= 0.3 is 0 Å². The average molecular weight is 287 g/mol. The Bertz CT molecular complexity index is 392. The molecule has 1 heterocycles. The van der Waals surface area contributed by atoms with Crippen molar-refractivity contribution >= 4 is 12.4 Å². The number of nitrogens with one attached hydrogen (secondary N) is 1. The molecule has 0 unspecified atom stereocenters. The summed E-state index contributed by atoms with van der Waals surface area (Å²) in [4.78, 5) is 2.41. The van der Waals surface area contributed by atoms with Gasteiger partial charge in [-0.05, 0) is 31.4 Å². The Morgan fingerprint density at radius 1 is 1.26 bits per heavy atom. The molecule has 1 aliphatic rings. The monoisotopic (exact) mass is 286 g/mol. The minimum atomic E-state index is -0.248. The minimum absolute atomic E-state index is 0. The van der Waals surface area contributed by atoms with Crippen LogP contribution >= 0.6 is 12.4 Å². The zero-order valence-electron chi connectivity index (χ0n) is 11.8. The van der Waals surface area contributed by atoms with Crippen LogP contribution in [0.5, 0.6) is 0 Å². The van der Waals surface area contributed by atoms with E-state index in [-0.39, 0.29) is 25.1 Å². The predicted octanol–water partition coefficient (Wildman–Crippen LogP) is 3.03. The van der Waals surface area contributed by atoms with Gasteiger partial charge in [0.2, 0.25) is 0 Å². The quantitative estimate of drug-likeness (QED) is 0.915. The molecule has 2 rings (SSSR count). The van der Waals surface area contributed by atoms with Crippen LogP contribution < -0.4 is 5.32 Å². The fourth-order valence-corrected chi connectivity index (χ4v) is 2.75. The van der Waals surface area contributed by atoms with E-state index < -0.39 is 0 Å². The van der Waals surface area contributed by atoms with E-state index in [1.807, 2.05) is 0 Å². The summed E-state index contributed by atoms with van der Waals surface area (Å²) in [6.45, 7) is 8.02. The maximum absolute atomic E-state index is 12.9. The summed E-state index contributed by atoms with van der Waals surface area (Å²) in [6.07, 6.45) is 0.601. The molecule has 1 aromatic rings. The van der Waals surface area contributed by atoms with Gasteiger partial charge in [0.25, 0.3) is 0 Å². The number of rotatable bonds is 4. The first-order chi connectivity index (χ1) is 8.72. The number of benzene rings is 1. The number of nitrogens with zero attached hydrogens (tertiary/aromatic N) is 1. The molecule has 0 aromatic heterocycles. The van der Waals surface area contributed by atoms with Gasteiger partial charge in [-0.15, -0.1) is 12.4 Å². The molecule has 1 saturated heterocycles. The van der Waals surface area contributed by atoms with E-state index in [4.69, 9.17) is 0 Å². The van der Waals surface area contributed by atoms with Gasteiger partial charge < -0.3 is 5.32 Å². The molecule has 0 radical (unpaired) electrons. The summed E-state index contributed by atoms with van der Waals surface area (Å²) in [5.41, 5.74) is 3.83. The van der Waals surface area contributed by atoms with Crippen molar-refractivity contribution in [1.29, 1.82) is 0 Å². The second kappa shape index (κ2) is 7.83. The Hall–Kier alpha value is -0.640. The Morgan fingerprint density at radius 2 is 1.95 bits per heavy atom. The SMILES string of the molecule is Cc1ccc(C)c([C@H](CCF)N2CCNCC2)c1.Cl. The summed E-state index contributed by atoms with van der Waals surface area (Å²) < 4.78 is 12.9. The maximum Gasteiger partial charge on any atom is 0.0912 e. The van der Waals surface area contributed by atoms with E-state index in [2.05, 4.69) is 42.3 Å². The van der Waals surface area contributed by atoms with Gasteiger partial charge in [-0.25, -0.2) is 0 Å². The lowest BCUT2D eigenvalue weighted by atomic mass is 9.95. The van der Waals surface area contributed by atoms with Crippen LogP contribution in [0.1, 0.15) is 29.2 Å². The summed E-state index contributed by atoms with van der Waals surface area (Å²) in [6, 6.07) is 6.73. The van der Waals surface area contributed by atoms with Gasteiger partial charge in [0.15, 0.2) is 0 Å². The van der Waals surface area contributed by atoms with Crippen LogP contribution in [0.15, 0.2) is 18.2 Å². The Labute approximate surface area is 121 Å². The van der Waals surface area contributed by atoms with E-state index in [1.54, 1.807) is 0 Å². The molecular formula is C15H24ClFN2. The number of alkyl halides is 1. The van der Waals surface area contributed by atoms with Crippen molar-refractivity contribution in [1.82, 2.24) is 10.2 Å². The van der Waals surface area contributed by atoms with Gasteiger partial charge in [0.05, 0.1) is 6.67 Å². The summed E-state index contributed by atoms with van der Waals surface area (Å²) in [7, 11) is 0. The van der Waals surface area contributed by atoms with Crippen LogP contribution in [0.3, 0.4) is 0 Å². The highest BCUT2D eigenvalue weighted by Gasteiger charge is 2.23. The van der Waals surface area contributed by atoms with Crippen molar-refractivity contribution in [3.8, 4) is 0 Å². The van der Waals surface area contributed by atoms with E-state index >= 15 is 0 Å². The molecule has 1 fully saturated rings. The molecule has 0 saturated carbocycles. The standard InChI is InChI=1S/C15H23FN2.ClH/c1-12-3-4-13(2)14(11-12)15(5-6-16)18-9-7-17-8-10-18;/h3-4,11,15,17H,5-10H2,1-2H3;1H/t15-;/m0./s1. The molecule has 4 heteroatoms.